The Kier molecular flexibility index (Phi) is 6.23. The number of rotatable bonds is 5. The smallest absolute Gasteiger partial charge is 0.259 e. The van der Waals surface area contributed by atoms with E-state index in [0.717, 1.165) is 37.1 Å². The third kappa shape index (κ3) is 4.23. The highest BCUT2D eigenvalue weighted by atomic mass is 16.7. The number of amides is 1. The van der Waals surface area contributed by atoms with E-state index in [0.29, 0.717) is 22.8 Å². The van der Waals surface area contributed by atoms with Gasteiger partial charge in [-0.2, -0.15) is 0 Å². The topological polar surface area (TPSA) is 88.4 Å². The van der Waals surface area contributed by atoms with Crippen LogP contribution >= 0.6 is 0 Å². The molecule has 1 atom stereocenters. The standard InChI is InChI=1S/C24H29N5O3/c1-16-7-5-14-26-22(16)29(19-8-6-13-25-15-19)23(30)18-11-9-17(10-12-18)20-21(28-31-4)24(2,3)32-27-20/h5,7,9-12,14,19,25H,6,8,13,15H2,1-4H3/b28-21-/t19-/m1/s1. The monoisotopic (exact) mass is 435 g/mol. The second-order valence-corrected chi connectivity index (χ2v) is 8.56. The number of nitrogens with zero attached hydrogens (tertiary/aromatic N) is 4. The summed E-state index contributed by atoms with van der Waals surface area (Å²) in [6, 6.07) is 11.3. The summed E-state index contributed by atoms with van der Waals surface area (Å²) in [6.45, 7) is 7.47. The fraction of sp³-hybridized carbons (Fsp3) is 0.417. The normalized spacial score (nSPS) is 21.1. The fourth-order valence-corrected chi connectivity index (χ4v) is 4.09. The SMILES string of the molecule is CO/N=C1/C(c2ccc(C(=O)N(c3ncccc3C)[C@@H]3CCCNC3)cc2)=NOC1(C)C. The average molecular weight is 436 g/mol. The number of hydrogen-bond donors (Lipinski definition) is 1. The summed E-state index contributed by atoms with van der Waals surface area (Å²) < 4.78 is 0. The Morgan fingerprint density at radius 1 is 1.28 bits per heavy atom. The maximum Gasteiger partial charge on any atom is 0.259 e. The van der Waals surface area contributed by atoms with Crippen LogP contribution in [0.1, 0.15) is 48.2 Å². The molecule has 0 saturated carbocycles. The van der Waals surface area contributed by atoms with Gasteiger partial charge in [-0.1, -0.05) is 28.5 Å². The predicted octanol–water partition coefficient (Wildman–Crippen LogP) is 3.30. The number of carbonyl (C=O) groups is 1. The van der Waals surface area contributed by atoms with Crippen molar-refractivity contribution in [3.8, 4) is 0 Å². The van der Waals surface area contributed by atoms with Crippen LogP contribution in [0.4, 0.5) is 5.82 Å². The van der Waals surface area contributed by atoms with Crippen LogP contribution in [0.2, 0.25) is 0 Å². The zero-order chi connectivity index (χ0) is 22.7. The molecule has 8 heteroatoms. The third-order valence-electron chi connectivity index (χ3n) is 5.81. The minimum Gasteiger partial charge on any atom is -0.399 e. The Labute approximate surface area is 188 Å². The average Bonchev–Trinajstić information content (AvgIpc) is 3.10. The number of hydrogen-bond acceptors (Lipinski definition) is 7. The molecule has 1 N–H and O–H groups in total. The van der Waals surface area contributed by atoms with Crippen LogP contribution in [-0.4, -0.2) is 54.2 Å². The number of oxime groups is 2. The molecule has 0 spiro atoms. The van der Waals surface area contributed by atoms with Gasteiger partial charge in [0, 0.05) is 23.9 Å². The van der Waals surface area contributed by atoms with Crippen molar-refractivity contribution in [1.82, 2.24) is 10.3 Å². The van der Waals surface area contributed by atoms with Gasteiger partial charge < -0.3 is 15.0 Å². The van der Waals surface area contributed by atoms with Crippen LogP contribution in [0.15, 0.2) is 52.9 Å². The van der Waals surface area contributed by atoms with Gasteiger partial charge in [-0.3, -0.25) is 9.69 Å². The second kappa shape index (κ2) is 9.08. The second-order valence-electron chi connectivity index (χ2n) is 8.56. The van der Waals surface area contributed by atoms with Crippen LogP contribution < -0.4 is 10.2 Å². The van der Waals surface area contributed by atoms with Gasteiger partial charge in [-0.25, -0.2) is 4.98 Å². The van der Waals surface area contributed by atoms with Gasteiger partial charge in [-0.05, 0) is 63.9 Å². The minimum atomic E-state index is -0.679. The number of piperidine rings is 1. The van der Waals surface area contributed by atoms with Crippen molar-refractivity contribution < 1.29 is 14.5 Å². The number of aromatic nitrogens is 1. The number of benzene rings is 1. The number of anilines is 1. The zero-order valence-electron chi connectivity index (χ0n) is 19.0. The quantitative estimate of drug-likeness (QED) is 0.728. The van der Waals surface area contributed by atoms with Crippen LogP contribution in [0.25, 0.3) is 0 Å². The molecule has 2 aliphatic heterocycles. The lowest BCUT2D eigenvalue weighted by Gasteiger charge is -2.34. The van der Waals surface area contributed by atoms with E-state index in [2.05, 4.69) is 20.6 Å². The molecule has 1 amide bonds. The fourth-order valence-electron chi connectivity index (χ4n) is 4.09. The highest BCUT2D eigenvalue weighted by Gasteiger charge is 2.39. The molecule has 1 aromatic carbocycles. The van der Waals surface area contributed by atoms with Crippen molar-refractivity contribution in [2.45, 2.75) is 45.3 Å². The summed E-state index contributed by atoms with van der Waals surface area (Å²) in [6.07, 6.45) is 3.70. The van der Waals surface area contributed by atoms with Crippen molar-refractivity contribution >= 4 is 23.1 Å². The molecule has 2 aromatic rings. The summed E-state index contributed by atoms with van der Waals surface area (Å²) in [5, 5.41) is 11.7. The van der Waals surface area contributed by atoms with E-state index in [1.165, 1.54) is 7.11 Å². The first-order chi connectivity index (χ1) is 15.4. The van der Waals surface area contributed by atoms with Crippen molar-refractivity contribution in [3.63, 3.8) is 0 Å². The number of carbonyl (C=O) groups excluding carboxylic acids is 1. The highest BCUT2D eigenvalue weighted by Crippen LogP contribution is 2.27. The molecule has 2 aliphatic rings. The van der Waals surface area contributed by atoms with E-state index in [-0.39, 0.29) is 11.9 Å². The molecule has 1 saturated heterocycles. The molecule has 0 bridgehead atoms. The Morgan fingerprint density at radius 3 is 2.72 bits per heavy atom. The molecule has 4 rings (SSSR count). The van der Waals surface area contributed by atoms with Crippen LogP contribution in [0.5, 0.6) is 0 Å². The number of aryl methyl sites for hydroxylation is 1. The molecule has 32 heavy (non-hydrogen) atoms. The molecule has 3 heterocycles. The van der Waals surface area contributed by atoms with Gasteiger partial charge in [0.1, 0.15) is 18.6 Å². The van der Waals surface area contributed by atoms with Crippen molar-refractivity contribution in [2.24, 2.45) is 10.3 Å². The van der Waals surface area contributed by atoms with Crippen molar-refractivity contribution in [1.29, 1.82) is 0 Å². The molecule has 8 nitrogen and oxygen atoms in total. The summed E-state index contributed by atoms with van der Waals surface area (Å²) >= 11 is 0. The maximum atomic E-state index is 13.7. The lowest BCUT2D eigenvalue weighted by molar-refractivity contribution is 0.0496. The summed E-state index contributed by atoms with van der Waals surface area (Å²) in [5.74, 6) is 0.642. The van der Waals surface area contributed by atoms with E-state index < -0.39 is 5.60 Å². The van der Waals surface area contributed by atoms with E-state index >= 15 is 0 Å². The Morgan fingerprint density at radius 2 is 2.06 bits per heavy atom. The molecule has 0 aliphatic carbocycles. The molecule has 0 radical (unpaired) electrons. The van der Waals surface area contributed by atoms with Crippen molar-refractivity contribution in [3.05, 3.63) is 59.3 Å². The predicted molar refractivity (Wildman–Crippen MR) is 124 cm³/mol. The minimum absolute atomic E-state index is 0.0540. The van der Waals surface area contributed by atoms with Crippen LogP contribution in [-0.2, 0) is 9.68 Å². The number of nitrogens with one attached hydrogen (secondary N) is 1. The Balaban J connectivity index is 1.64. The molecule has 168 valence electrons. The van der Waals surface area contributed by atoms with Gasteiger partial charge in [0.2, 0.25) is 0 Å². The number of pyridine rings is 1. The van der Waals surface area contributed by atoms with Gasteiger partial charge >= 0.3 is 0 Å². The first-order valence-corrected chi connectivity index (χ1v) is 10.9. The first-order valence-electron chi connectivity index (χ1n) is 10.9. The Bertz CT molecular complexity index is 1040. The third-order valence-corrected chi connectivity index (χ3v) is 5.81. The first kappa shape index (κ1) is 22.0. The van der Waals surface area contributed by atoms with E-state index in [9.17, 15) is 4.79 Å². The molecule has 1 fully saturated rings. The highest BCUT2D eigenvalue weighted by molar-refractivity contribution is 6.51. The van der Waals surface area contributed by atoms with E-state index in [1.54, 1.807) is 6.20 Å². The van der Waals surface area contributed by atoms with Gasteiger partial charge in [0.05, 0.1) is 6.04 Å². The largest absolute Gasteiger partial charge is 0.399 e. The van der Waals surface area contributed by atoms with Gasteiger partial charge in [0.15, 0.2) is 11.3 Å². The summed E-state index contributed by atoms with van der Waals surface area (Å²) in [4.78, 5) is 30.6. The lowest BCUT2D eigenvalue weighted by Crippen LogP contribution is -2.49. The molecular weight excluding hydrogens is 406 g/mol. The van der Waals surface area contributed by atoms with Crippen molar-refractivity contribution in [2.75, 3.05) is 25.1 Å². The summed E-state index contributed by atoms with van der Waals surface area (Å²) in [5.41, 5.74) is 2.91. The van der Waals surface area contributed by atoms with Gasteiger partial charge in [-0.15, -0.1) is 0 Å². The maximum absolute atomic E-state index is 13.7. The van der Waals surface area contributed by atoms with E-state index in [1.807, 2.05) is 62.1 Å². The van der Waals surface area contributed by atoms with Crippen LogP contribution in [0.3, 0.4) is 0 Å². The lowest BCUT2D eigenvalue weighted by atomic mass is 9.94. The van der Waals surface area contributed by atoms with Gasteiger partial charge in [0.25, 0.3) is 5.91 Å². The van der Waals surface area contributed by atoms with E-state index in [4.69, 9.17) is 9.68 Å². The Hall–Kier alpha value is -3.26. The molecular formula is C24H29N5O3. The zero-order valence-corrected chi connectivity index (χ0v) is 19.0. The molecule has 1 aromatic heterocycles. The summed E-state index contributed by atoms with van der Waals surface area (Å²) in [7, 11) is 1.50. The van der Waals surface area contributed by atoms with Crippen LogP contribution in [0, 0.1) is 6.92 Å². The molecule has 0 unspecified atom stereocenters.